The molecule has 0 spiro atoms. The molecule has 3 N–H and O–H groups in total. The van der Waals surface area contributed by atoms with E-state index in [4.69, 9.17) is 5.11 Å². The van der Waals surface area contributed by atoms with Crippen molar-refractivity contribution in [3.8, 4) is 0 Å². The molecule has 110 valence electrons. The zero-order chi connectivity index (χ0) is 14.5. The molecule has 1 aromatic rings. The van der Waals surface area contributed by atoms with Crippen molar-refractivity contribution in [2.24, 2.45) is 0 Å². The van der Waals surface area contributed by atoms with Crippen LogP contribution in [-0.2, 0) is 12.8 Å². The van der Waals surface area contributed by atoms with Gasteiger partial charge in [0, 0.05) is 18.3 Å². The topological polar surface area (TPSA) is 82.5 Å². The number of hydrogen-bond donors (Lipinski definition) is 3. The van der Waals surface area contributed by atoms with Crippen LogP contribution in [0.2, 0.25) is 0 Å². The number of hydrogen-bond acceptors (Lipinski definition) is 4. The van der Waals surface area contributed by atoms with E-state index in [-0.39, 0.29) is 18.2 Å². The lowest BCUT2D eigenvalue weighted by molar-refractivity contribution is 0.0697. The number of anilines is 1. The summed E-state index contributed by atoms with van der Waals surface area (Å²) in [6.45, 7) is 2.12. The van der Waals surface area contributed by atoms with Gasteiger partial charge in [0.2, 0.25) is 0 Å². The quantitative estimate of drug-likeness (QED) is 0.743. The van der Waals surface area contributed by atoms with Gasteiger partial charge in [-0.05, 0) is 57.1 Å². The molecule has 5 nitrogen and oxygen atoms in total. The zero-order valence-corrected chi connectivity index (χ0v) is 11.9. The molecule has 1 heterocycles. The lowest BCUT2D eigenvalue weighted by atomic mass is 9.94. The van der Waals surface area contributed by atoms with Crippen molar-refractivity contribution < 1.29 is 15.0 Å². The molecule has 5 heteroatoms. The Morgan fingerprint density at radius 3 is 2.90 bits per heavy atom. The molecule has 0 bridgehead atoms. The highest BCUT2D eigenvalue weighted by atomic mass is 16.4. The second-order valence-corrected chi connectivity index (χ2v) is 5.41. The molecular weight excluding hydrogens is 256 g/mol. The maximum absolute atomic E-state index is 11.4. The Morgan fingerprint density at radius 2 is 2.20 bits per heavy atom. The van der Waals surface area contributed by atoms with Gasteiger partial charge in [0.1, 0.15) is 11.4 Å². The first-order valence-corrected chi connectivity index (χ1v) is 7.25. The van der Waals surface area contributed by atoms with Gasteiger partial charge in [0.25, 0.3) is 0 Å². The number of carbonyl (C=O) groups is 1. The van der Waals surface area contributed by atoms with Gasteiger partial charge in [0.15, 0.2) is 0 Å². The van der Waals surface area contributed by atoms with Gasteiger partial charge >= 0.3 is 5.97 Å². The number of nitrogens with zero attached hydrogens (tertiary/aromatic N) is 1. The molecule has 1 atom stereocenters. The van der Waals surface area contributed by atoms with Crippen molar-refractivity contribution in [1.29, 1.82) is 0 Å². The minimum atomic E-state index is -0.942. The number of aromatic carboxylic acids is 1. The van der Waals surface area contributed by atoms with Crippen molar-refractivity contribution in [2.75, 3.05) is 11.9 Å². The Hall–Kier alpha value is -1.62. The van der Waals surface area contributed by atoms with Gasteiger partial charge < -0.3 is 15.5 Å². The molecule has 1 unspecified atom stereocenters. The summed E-state index contributed by atoms with van der Waals surface area (Å²) < 4.78 is 0. The Balaban J connectivity index is 2.23. The zero-order valence-electron chi connectivity index (χ0n) is 11.9. The van der Waals surface area contributed by atoms with E-state index >= 15 is 0 Å². The minimum absolute atomic E-state index is 0.0920. The van der Waals surface area contributed by atoms with Crippen LogP contribution in [0, 0.1) is 0 Å². The summed E-state index contributed by atoms with van der Waals surface area (Å²) in [4.78, 5) is 15.9. The summed E-state index contributed by atoms with van der Waals surface area (Å²) in [7, 11) is 0. The van der Waals surface area contributed by atoms with E-state index in [0.717, 1.165) is 43.4 Å². The number of fused-ring (bicyclic) bond motifs is 1. The first-order chi connectivity index (χ1) is 9.61. The molecule has 1 aromatic heterocycles. The second-order valence-electron chi connectivity index (χ2n) is 5.41. The Labute approximate surface area is 119 Å². The van der Waals surface area contributed by atoms with Crippen LogP contribution in [0.4, 0.5) is 5.82 Å². The molecule has 1 aliphatic carbocycles. The first kappa shape index (κ1) is 14.8. The average Bonchev–Trinajstić information content (AvgIpc) is 2.44. The maximum atomic E-state index is 11.4. The lowest BCUT2D eigenvalue weighted by Gasteiger charge is -2.20. The summed E-state index contributed by atoms with van der Waals surface area (Å²) in [5.74, 6) is -0.480. The first-order valence-electron chi connectivity index (χ1n) is 7.25. The van der Waals surface area contributed by atoms with Crippen LogP contribution in [0.1, 0.15) is 54.2 Å². The van der Waals surface area contributed by atoms with E-state index in [1.807, 2.05) is 6.92 Å². The SMILES string of the molecule is CC(CCCO)Nc1nc2c(cc1C(=O)O)CCCC2. The largest absolute Gasteiger partial charge is 0.478 e. The number of rotatable bonds is 6. The van der Waals surface area contributed by atoms with Gasteiger partial charge in [-0.3, -0.25) is 0 Å². The van der Waals surface area contributed by atoms with E-state index < -0.39 is 5.97 Å². The number of aliphatic hydroxyl groups is 1. The van der Waals surface area contributed by atoms with Gasteiger partial charge in [-0.1, -0.05) is 0 Å². The van der Waals surface area contributed by atoms with Crippen LogP contribution in [-0.4, -0.2) is 33.8 Å². The van der Waals surface area contributed by atoms with Crippen molar-refractivity contribution in [2.45, 2.75) is 51.5 Å². The smallest absolute Gasteiger partial charge is 0.339 e. The molecule has 0 saturated heterocycles. The number of aryl methyl sites for hydroxylation is 2. The van der Waals surface area contributed by atoms with Gasteiger partial charge in [0.05, 0.1) is 0 Å². The van der Waals surface area contributed by atoms with Crippen molar-refractivity contribution in [3.05, 3.63) is 22.9 Å². The predicted molar refractivity (Wildman–Crippen MR) is 77.2 cm³/mol. The van der Waals surface area contributed by atoms with Gasteiger partial charge in [-0.15, -0.1) is 0 Å². The Bertz CT molecular complexity index is 488. The summed E-state index contributed by atoms with van der Waals surface area (Å²) in [6, 6.07) is 1.86. The molecule has 0 fully saturated rings. The fraction of sp³-hybridized carbons (Fsp3) is 0.600. The van der Waals surface area contributed by atoms with Crippen LogP contribution in [0.5, 0.6) is 0 Å². The average molecular weight is 278 g/mol. The van der Waals surface area contributed by atoms with Crippen molar-refractivity contribution >= 4 is 11.8 Å². The summed E-state index contributed by atoms with van der Waals surface area (Å²) in [5, 5.41) is 21.4. The van der Waals surface area contributed by atoms with E-state index in [9.17, 15) is 9.90 Å². The third-order valence-electron chi connectivity index (χ3n) is 3.71. The number of aliphatic hydroxyl groups excluding tert-OH is 1. The molecule has 0 aromatic carbocycles. The summed E-state index contributed by atoms with van der Waals surface area (Å²) in [6.07, 6.45) is 5.55. The van der Waals surface area contributed by atoms with E-state index in [2.05, 4.69) is 10.3 Å². The highest BCUT2D eigenvalue weighted by Gasteiger charge is 2.19. The van der Waals surface area contributed by atoms with Crippen LogP contribution < -0.4 is 5.32 Å². The predicted octanol–water partition coefficient (Wildman–Crippen LogP) is 2.23. The summed E-state index contributed by atoms with van der Waals surface area (Å²) >= 11 is 0. The number of carboxylic acids is 1. The molecule has 0 amide bonds. The molecule has 0 saturated carbocycles. The normalized spacial score (nSPS) is 15.5. The Kier molecular flexibility index (Phi) is 4.95. The number of aromatic nitrogens is 1. The number of nitrogens with one attached hydrogen (secondary N) is 1. The highest BCUT2D eigenvalue weighted by Crippen LogP contribution is 2.25. The van der Waals surface area contributed by atoms with Crippen LogP contribution in [0.15, 0.2) is 6.07 Å². The van der Waals surface area contributed by atoms with Crippen LogP contribution >= 0.6 is 0 Å². The minimum Gasteiger partial charge on any atom is -0.478 e. The monoisotopic (exact) mass is 278 g/mol. The van der Waals surface area contributed by atoms with Gasteiger partial charge in [-0.2, -0.15) is 0 Å². The highest BCUT2D eigenvalue weighted by molar-refractivity contribution is 5.93. The van der Waals surface area contributed by atoms with E-state index in [0.29, 0.717) is 12.2 Å². The third kappa shape index (κ3) is 3.48. The van der Waals surface area contributed by atoms with Crippen molar-refractivity contribution in [3.63, 3.8) is 0 Å². The third-order valence-corrected chi connectivity index (χ3v) is 3.71. The van der Waals surface area contributed by atoms with Gasteiger partial charge in [-0.25, -0.2) is 9.78 Å². The molecule has 2 rings (SSSR count). The second kappa shape index (κ2) is 6.70. The van der Waals surface area contributed by atoms with E-state index in [1.54, 1.807) is 6.07 Å². The number of carboxylic acid groups (broad SMARTS) is 1. The fourth-order valence-corrected chi connectivity index (χ4v) is 2.61. The van der Waals surface area contributed by atoms with Crippen molar-refractivity contribution in [1.82, 2.24) is 4.98 Å². The van der Waals surface area contributed by atoms with Crippen LogP contribution in [0.3, 0.4) is 0 Å². The maximum Gasteiger partial charge on any atom is 0.339 e. The molecule has 0 radical (unpaired) electrons. The molecule has 20 heavy (non-hydrogen) atoms. The standard InChI is InChI=1S/C15H22N2O3/c1-10(5-4-8-18)16-14-12(15(19)20)9-11-6-2-3-7-13(11)17-14/h9-10,18H,2-8H2,1H3,(H,16,17)(H,19,20). The number of pyridine rings is 1. The molecule has 1 aliphatic rings. The fourth-order valence-electron chi connectivity index (χ4n) is 2.61. The Morgan fingerprint density at radius 1 is 1.45 bits per heavy atom. The van der Waals surface area contributed by atoms with Crippen LogP contribution in [0.25, 0.3) is 0 Å². The summed E-state index contributed by atoms with van der Waals surface area (Å²) in [5.41, 5.74) is 2.35. The lowest BCUT2D eigenvalue weighted by Crippen LogP contribution is -2.20. The molecule has 0 aliphatic heterocycles. The molecular formula is C15H22N2O3. The van der Waals surface area contributed by atoms with E-state index in [1.165, 1.54) is 0 Å².